The van der Waals surface area contributed by atoms with Gasteiger partial charge in [0.2, 0.25) is 0 Å². The molecular weight excluding hydrogens is 279 g/mol. The lowest BCUT2D eigenvalue weighted by Gasteiger charge is -2.27. The van der Waals surface area contributed by atoms with Crippen molar-refractivity contribution in [2.75, 3.05) is 5.32 Å². The summed E-state index contributed by atoms with van der Waals surface area (Å²) in [5, 5.41) is 12.2. The lowest BCUT2D eigenvalue weighted by molar-refractivity contribution is 0.119. The zero-order chi connectivity index (χ0) is 15.4. The minimum Gasteiger partial charge on any atom is -0.490 e. The third-order valence-electron chi connectivity index (χ3n) is 3.91. The molecule has 0 saturated heterocycles. The standard InChI is InChI=1S/C18H17FN2O/c19-16-8-4-9-17(15(16)11-20)21-12-13-5-1-2-10-18(13)22-14-6-3-7-14/h1-2,4-5,8-10,14,21H,3,6-7,12H2. The van der Waals surface area contributed by atoms with Crippen molar-refractivity contribution in [2.24, 2.45) is 0 Å². The van der Waals surface area contributed by atoms with Gasteiger partial charge in [0.15, 0.2) is 0 Å². The minimum absolute atomic E-state index is 0.0416. The Morgan fingerprint density at radius 1 is 1.18 bits per heavy atom. The number of rotatable bonds is 5. The maximum Gasteiger partial charge on any atom is 0.143 e. The van der Waals surface area contributed by atoms with Gasteiger partial charge in [0, 0.05) is 12.1 Å². The second-order valence-electron chi connectivity index (χ2n) is 5.41. The van der Waals surface area contributed by atoms with Gasteiger partial charge in [-0.05, 0) is 37.5 Å². The molecule has 22 heavy (non-hydrogen) atoms. The summed E-state index contributed by atoms with van der Waals surface area (Å²) in [4.78, 5) is 0. The minimum atomic E-state index is -0.508. The van der Waals surface area contributed by atoms with E-state index in [1.807, 2.05) is 30.3 Å². The van der Waals surface area contributed by atoms with Gasteiger partial charge in [-0.15, -0.1) is 0 Å². The molecule has 1 fully saturated rings. The van der Waals surface area contributed by atoms with Crippen LogP contribution in [0.3, 0.4) is 0 Å². The van der Waals surface area contributed by atoms with Gasteiger partial charge in [0.25, 0.3) is 0 Å². The highest BCUT2D eigenvalue weighted by molar-refractivity contribution is 5.58. The number of ether oxygens (including phenoxy) is 1. The number of nitrogens with one attached hydrogen (secondary N) is 1. The van der Waals surface area contributed by atoms with E-state index in [-0.39, 0.29) is 5.56 Å². The third kappa shape index (κ3) is 3.04. The van der Waals surface area contributed by atoms with Crippen molar-refractivity contribution in [1.29, 1.82) is 5.26 Å². The van der Waals surface area contributed by atoms with Gasteiger partial charge < -0.3 is 10.1 Å². The maximum absolute atomic E-state index is 13.6. The fraction of sp³-hybridized carbons (Fsp3) is 0.278. The normalized spacial score (nSPS) is 14.0. The quantitative estimate of drug-likeness (QED) is 0.897. The Balaban J connectivity index is 1.74. The van der Waals surface area contributed by atoms with E-state index >= 15 is 0 Å². The van der Waals surface area contributed by atoms with Crippen LogP contribution in [-0.4, -0.2) is 6.10 Å². The Bertz CT molecular complexity index is 704. The number of nitriles is 1. The maximum atomic E-state index is 13.6. The first kappa shape index (κ1) is 14.4. The van der Waals surface area contributed by atoms with Gasteiger partial charge in [-0.2, -0.15) is 5.26 Å². The average molecular weight is 296 g/mol. The van der Waals surface area contributed by atoms with Gasteiger partial charge in [-0.25, -0.2) is 4.39 Å². The molecule has 3 rings (SSSR count). The zero-order valence-electron chi connectivity index (χ0n) is 12.2. The molecule has 0 aliphatic heterocycles. The molecule has 1 N–H and O–H groups in total. The molecule has 0 unspecified atom stereocenters. The Morgan fingerprint density at radius 3 is 2.73 bits per heavy atom. The van der Waals surface area contributed by atoms with Crippen LogP contribution in [0.4, 0.5) is 10.1 Å². The Morgan fingerprint density at radius 2 is 2.00 bits per heavy atom. The molecule has 2 aromatic carbocycles. The van der Waals surface area contributed by atoms with Gasteiger partial charge in [0.1, 0.15) is 23.2 Å². The van der Waals surface area contributed by atoms with Crippen molar-refractivity contribution in [3.8, 4) is 11.8 Å². The lowest BCUT2D eigenvalue weighted by atomic mass is 9.96. The second-order valence-corrected chi connectivity index (χ2v) is 5.41. The topological polar surface area (TPSA) is 45.0 Å². The molecule has 0 spiro atoms. The summed E-state index contributed by atoms with van der Waals surface area (Å²) < 4.78 is 19.6. The molecular formula is C18H17FN2O. The molecule has 0 amide bonds. The first-order chi connectivity index (χ1) is 10.8. The van der Waals surface area contributed by atoms with Crippen molar-refractivity contribution in [2.45, 2.75) is 31.9 Å². The number of anilines is 1. The van der Waals surface area contributed by atoms with Crippen LogP contribution in [0.5, 0.6) is 5.75 Å². The second kappa shape index (κ2) is 6.48. The smallest absolute Gasteiger partial charge is 0.143 e. The van der Waals surface area contributed by atoms with Crippen LogP contribution in [0.1, 0.15) is 30.4 Å². The highest BCUT2D eigenvalue weighted by Gasteiger charge is 2.20. The van der Waals surface area contributed by atoms with E-state index in [1.54, 1.807) is 12.1 Å². The molecule has 0 aromatic heterocycles. The zero-order valence-corrected chi connectivity index (χ0v) is 12.2. The van der Waals surface area contributed by atoms with Crippen molar-refractivity contribution in [1.82, 2.24) is 0 Å². The molecule has 0 bridgehead atoms. The number of para-hydroxylation sites is 1. The number of halogens is 1. The monoisotopic (exact) mass is 296 g/mol. The van der Waals surface area contributed by atoms with Crippen molar-refractivity contribution in [3.05, 3.63) is 59.4 Å². The van der Waals surface area contributed by atoms with Crippen molar-refractivity contribution < 1.29 is 9.13 Å². The molecule has 3 nitrogen and oxygen atoms in total. The van der Waals surface area contributed by atoms with Crippen LogP contribution >= 0.6 is 0 Å². The summed E-state index contributed by atoms with van der Waals surface area (Å²) in [7, 11) is 0. The van der Waals surface area contributed by atoms with Gasteiger partial charge in [-0.3, -0.25) is 0 Å². The van der Waals surface area contributed by atoms with Crippen LogP contribution < -0.4 is 10.1 Å². The fourth-order valence-corrected chi connectivity index (χ4v) is 2.41. The molecule has 2 aromatic rings. The molecule has 4 heteroatoms. The van der Waals surface area contributed by atoms with Crippen LogP contribution in [0.15, 0.2) is 42.5 Å². The molecule has 1 aliphatic rings. The summed E-state index contributed by atoms with van der Waals surface area (Å²) in [6.45, 7) is 0.487. The number of nitrogens with zero attached hydrogens (tertiary/aromatic N) is 1. The predicted molar refractivity (Wildman–Crippen MR) is 83.2 cm³/mol. The highest BCUT2D eigenvalue weighted by atomic mass is 19.1. The summed E-state index contributed by atoms with van der Waals surface area (Å²) in [5.41, 5.74) is 1.54. The first-order valence-corrected chi connectivity index (χ1v) is 7.45. The van der Waals surface area contributed by atoms with E-state index in [1.165, 1.54) is 12.5 Å². The van der Waals surface area contributed by atoms with Gasteiger partial charge >= 0.3 is 0 Å². The van der Waals surface area contributed by atoms with Crippen LogP contribution in [-0.2, 0) is 6.54 Å². The van der Waals surface area contributed by atoms with Crippen LogP contribution in [0.2, 0.25) is 0 Å². The van der Waals surface area contributed by atoms with Crippen LogP contribution in [0.25, 0.3) is 0 Å². The van der Waals surface area contributed by atoms with E-state index in [9.17, 15) is 4.39 Å². The summed E-state index contributed by atoms with van der Waals surface area (Å²) in [6, 6.07) is 14.3. The molecule has 0 atom stereocenters. The highest BCUT2D eigenvalue weighted by Crippen LogP contribution is 2.28. The average Bonchev–Trinajstić information content (AvgIpc) is 2.50. The van der Waals surface area contributed by atoms with E-state index in [4.69, 9.17) is 10.00 Å². The number of benzene rings is 2. The van der Waals surface area contributed by atoms with E-state index in [0.717, 1.165) is 24.2 Å². The predicted octanol–water partition coefficient (Wildman–Crippen LogP) is 4.24. The van der Waals surface area contributed by atoms with E-state index in [0.29, 0.717) is 18.3 Å². The molecule has 0 radical (unpaired) electrons. The van der Waals surface area contributed by atoms with Gasteiger partial charge in [0.05, 0.1) is 11.8 Å². The van der Waals surface area contributed by atoms with Crippen LogP contribution in [0, 0.1) is 17.1 Å². The third-order valence-corrected chi connectivity index (χ3v) is 3.91. The lowest BCUT2D eigenvalue weighted by Crippen LogP contribution is -2.25. The number of hydrogen-bond donors (Lipinski definition) is 1. The van der Waals surface area contributed by atoms with Gasteiger partial charge in [-0.1, -0.05) is 24.3 Å². The van der Waals surface area contributed by atoms with Crippen molar-refractivity contribution >= 4 is 5.69 Å². The molecule has 1 aliphatic carbocycles. The molecule has 0 heterocycles. The SMILES string of the molecule is N#Cc1c(F)cccc1NCc1ccccc1OC1CCC1. The fourth-order valence-electron chi connectivity index (χ4n) is 2.41. The summed E-state index contributed by atoms with van der Waals surface area (Å²) >= 11 is 0. The van der Waals surface area contributed by atoms with E-state index in [2.05, 4.69) is 5.32 Å². The number of hydrogen-bond acceptors (Lipinski definition) is 3. The van der Waals surface area contributed by atoms with Crippen molar-refractivity contribution in [3.63, 3.8) is 0 Å². The Labute approximate surface area is 129 Å². The molecule has 1 saturated carbocycles. The summed E-state index contributed by atoms with van der Waals surface area (Å²) in [6.07, 6.45) is 3.74. The van der Waals surface area contributed by atoms with E-state index < -0.39 is 5.82 Å². The first-order valence-electron chi connectivity index (χ1n) is 7.45. The molecule has 112 valence electrons. The summed E-state index contributed by atoms with van der Waals surface area (Å²) in [5.74, 6) is 0.348. The largest absolute Gasteiger partial charge is 0.490 e. The Kier molecular flexibility index (Phi) is 4.24. The Hall–Kier alpha value is -2.54.